The van der Waals surface area contributed by atoms with E-state index >= 15 is 4.39 Å². The van der Waals surface area contributed by atoms with Crippen LogP contribution in [0.3, 0.4) is 0 Å². The van der Waals surface area contributed by atoms with Crippen molar-refractivity contribution in [3.63, 3.8) is 0 Å². The number of likely N-dealkylation sites (N-methyl/N-ethyl adjacent to an activating group) is 1. The minimum atomic E-state index is -0.908. The smallest absolute Gasteiger partial charge is 0.255 e. The second-order valence-electron chi connectivity index (χ2n) is 18.4. The highest BCUT2D eigenvalue weighted by molar-refractivity contribution is 6.06. The maximum absolute atomic E-state index is 15.2. The molecule has 2 saturated heterocycles. The largest absolute Gasteiger partial charge is 0.494 e. The first-order valence-corrected chi connectivity index (χ1v) is 26.2. The number of nitrogens with two attached hydrogens (primary N) is 1. The molecule has 5 amide bonds. The summed E-state index contributed by atoms with van der Waals surface area (Å²) in [5.74, 6) is -0.559. The Bertz CT molecular complexity index is 2780. The Hall–Kier alpha value is -7.73. The van der Waals surface area contributed by atoms with Gasteiger partial charge in [0.1, 0.15) is 29.6 Å². The summed E-state index contributed by atoms with van der Waals surface area (Å²) >= 11 is 0. The van der Waals surface area contributed by atoms with Crippen LogP contribution in [0.4, 0.5) is 15.8 Å². The number of imide groups is 1. The van der Waals surface area contributed by atoms with E-state index in [0.717, 1.165) is 53.6 Å². The van der Waals surface area contributed by atoms with Gasteiger partial charge in [-0.2, -0.15) is 0 Å². The zero-order chi connectivity index (χ0) is 55.8. The van der Waals surface area contributed by atoms with Crippen LogP contribution in [0, 0.1) is 5.82 Å². The molecule has 4 heterocycles. The number of aromatic nitrogens is 5. The average Bonchev–Trinajstić information content (AvgIpc) is 3.85. The van der Waals surface area contributed by atoms with Crippen molar-refractivity contribution < 1.29 is 52.1 Å². The van der Waals surface area contributed by atoms with Crippen LogP contribution in [0.5, 0.6) is 5.75 Å². The maximum Gasteiger partial charge on any atom is 0.255 e. The van der Waals surface area contributed by atoms with E-state index in [1.165, 1.54) is 26.5 Å². The number of hydrogen-bond donors (Lipinski definition) is 4. The number of nitrogens with zero attached hydrogens (tertiary/aromatic N) is 8. The molecule has 3 aromatic carbocycles. The summed E-state index contributed by atoms with van der Waals surface area (Å²) in [6.07, 6.45) is 7.72. The van der Waals surface area contributed by atoms with Gasteiger partial charge in [-0.15, -0.1) is 10.2 Å². The lowest BCUT2D eigenvalue weighted by atomic mass is 10.0. The van der Waals surface area contributed by atoms with Gasteiger partial charge in [-0.25, -0.2) is 14.4 Å². The molecule has 2 fully saturated rings. The van der Waals surface area contributed by atoms with Gasteiger partial charge in [0.25, 0.3) is 11.8 Å². The molecule has 22 nitrogen and oxygen atoms in total. The van der Waals surface area contributed by atoms with Crippen molar-refractivity contribution in [2.75, 3.05) is 96.7 Å². The lowest BCUT2D eigenvalue weighted by Gasteiger charge is -2.36. The Morgan fingerprint density at radius 3 is 2.32 bits per heavy atom. The van der Waals surface area contributed by atoms with E-state index in [9.17, 15) is 28.8 Å². The third-order valence-corrected chi connectivity index (χ3v) is 13.2. The summed E-state index contributed by atoms with van der Waals surface area (Å²) in [6.45, 7) is 6.61. The van der Waals surface area contributed by atoms with Gasteiger partial charge in [-0.05, 0) is 93.7 Å². The first kappa shape index (κ1) is 59.5. The summed E-state index contributed by atoms with van der Waals surface area (Å²) in [5, 5.41) is 17.2. The summed E-state index contributed by atoms with van der Waals surface area (Å²) < 4.78 is 40.1. The minimum Gasteiger partial charge on any atom is -0.494 e. The SMILES string of the molecule is CC(NC(=O)c1cccc(NCc2nnc(-c3ccncn3)n2C)c1)c1cccc(OCCCCCCOCCOCCOCCC(=O)N2CCN(c3cc(C(=O)N(C)C4CCC(=O)NC4=O)c(C=O)cc3F)CC2)c1.CN. The lowest BCUT2D eigenvalue weighted by molar-refractivity contribution is -0.136. The molecule has 418 valence electrons. The van der Waals surface area contributed by atoms with Gasteiger partial charge in [-0.3, -0.25) is 34.1 Å². The molecule has 2 atom stereocenters. The molecule has 0 spiro atoms. The number of piperidine rings is 1. The van der Waals surface area contributed by atoms with Gasteiger partial charge in [0.15, 0.2) is 17.9 Å². The molecule has 0 saturated carbocycles. The lowest BCUT2D eigenvalue weighted by Crippen LogP contribution is -2.53. The molecule has 78 heavy (non-hydrogen) atoms. The predicted molar refractivity (Wildman–Crippen MR) is 288 cm³/mol. The van der Waals surface area contributed by atoms with Crippen LogP contribution in [0.1, 0.15) is 100 Å². The highest BCUT2D eigenvalue weighted by atomic mass is 19.1. The molecule has 2 unspecified atom stereocenters. The van der Waals surface area contributed by atoms with Crippen LogP contribution >= 0.6 is 0 Å². The number of halogens is 1. The van der Waals surface area contributed by atoms with E-state index in [1.807, 2.05) is 61.0 Å². The first-order valence-electron chi connectivity index (χ1n) is 26.2. The van der Waals surface area contributed by atoms with E-state index < -0.39 is 29.6 Å². The Balaban J connectivity index is 0.00000486. The van der Waals surface area contributed by atoms with Crippen molar-refractivity contribution in [3.05, 3.63) is 113 Å². The molecule has 7 rings (SSSR count). The van der Waals surface area contributed by atoms with Gasteiger partial charge in [0.05, 0.1) is 69.9 Å². The normalized spacial score (nSPS) is 14.7. The summed E-state index contributed by atoms with van der Waals surface area (Å²) in [4.78, 5) is 88.2. The predicted octanol–water partition coefficient (Wildman–Crippen LogP) is 4.51. The van der Waals surface area contributed by atoms with Crippen LogP contribution < -0.4 is 31.3 Å². The summed E-state index contributed by atoms with van der Waals surface area (Å²) in [5.41, 5.74) is 7.31. The van der Waals surface area contributed by atoms with Gasteiger partial charge in [0, 0.05) is 76.3 Å². The quantitative estimate of drug-likeness (QED) is 0.0305. The van der Waals surface area contributed by atoms with E-state index in [-0.39, 0.29) is 60.5 Å². The number of hydrogen-bond acceptors (Lipinski definition) is 17. The second kappa shape index (κ2) is 30.9. The standard InChI is InChI=1S/C54H66FN11O10.CH5N/c1-37(59-52(70)39-11-8-12-41(30-39)57-34-48-61-62-51(64(48)3)45-16-18-56-36-58-45)38-10-9-13-42(31-38)76-24-7-5-4-6-23-73-26-28-75-29-27-74-25-17-50(69)66-21-19-65(20-22-66)47-33-43(40(35-67)32-44(47)55)54(72)63(2)46-14-15-49(68)60-53(46)71;1-2/h8-13,16,18,30-33,35-37,46,57H,4-7,14-15,17,19-29,34H2,1-3H3,(H,59,70)(H,60,68,71);2H2,1H3. The van der Waals surface area contributed by atoms with Crippen molar-refractivity contribution in [2.24, 2.45) is 12.8 Å². The Morgan fingerprint density at radius 2 is 1.60 bits per heavy atom. The number of anilines is 2. The third-order valence-electron chi connectivity index (χ3n) is 13.2. The van der Waals surface area contributed by atoms with E-state index in [0.29, 0.717) is 102 Å². The highest BCUT2D eigenvalue weighted by Crippen LogP contribution is 2.27. The van der Waals surface area contributed by atoms with Gasteiger partial charge < -0.3 is 54.6 Å². The van der Waals surface area contributed by atoms with Gasteiger partial charge >= 0.3 is 0 Å². The van der Waals surface area contributed by atoms with Crippen molar-refractivity contribution in [1.29, 1.82) is 0 Å². The van der Waals surface area contributed by atoms with Crippen LogP contribution in [0.2, 0.25) is 0 Å². The Morgan fingerprint density at radius 1 is 0.885 bits per heavy atom. The zero-order valence-electron chi connectivity index (χ0n) is 44.8. The number of carbonyl (C=O) groups excluding carboxylic acids is 6. The van der Waals surface area contributed by atoms with Crippen molar-refractivity contribution >= 4 is 47.2 Å². The fraction of sp³-hybridized carbons (Fsp3) is 0.455. The van der Waals surface area contributed by atoms with Crippen LogP contribution in [-0.2, 0) is 42.2 Å². The topological polar surface area (TPSA) is 268 Å². The Kier molecular flexibility index (Phi) is 23.6. The number of piperazine rings is 1. The van der Waals surface area contributed by atoms with Crippen LogP contribution in [0.25, 0.3) is 11.5 Å². The molecule has 0 radical (unpaired) electrons. The molecule has 5 aromatic rings. The highest BCUT2D eigenvalue weighted by Gasteiger charge is 2.34. The van der Waals surface area contributed by atoms with Crippen molar-refractivity contribution in [2.45, 2.75) is 70.5 Å². The number of benzene rings is 3. The molecule has 23 heteroatoms. The zero-order valence-corrected chi connectivity index (χ0v) is 44.8. The van der Waals surface area contributed by atoms with E-state index in [4.69, 9.17) is 18.9 Å². The third kappa shape index (κ3) is 17.1. The first-order chi connectivity index (χ1) is 37.9. The molecular formula is C55H71FN12O10. The van der Waals surface area contributed by atoms with Crippen molar-refractivity contribution in [1.82, 2.24) is 45.2 Å². The average molecular weight is 1080 g/mol. The Labute approximate surface area is 453 Å². The van der Waals surface area contributed by atoms with Crippen LogP contribution in [0.15, 0.2) is 79.3 Å². The minimum absolute atomic E-state index is 0.0604. The fourth-order valence-corrected chi connectivity index (χ4v) is 8.74. The number of aldehydes is 1. The molecule has 2 aliphatic heterocycles. The second-order valence-corrected chi connectivity index (χ2v) is 18.4. The number of ether oxygens (including phenoxy) is 4. The molecule has 2 aromatic heterocycles. The van der Waals surface area contributed by atoms with E-state index in [2.05, 4.69) is 41.8 Å². The summed E-state index contributed by atoms with van der Waals surface area (Å²) in [6, 6.07) is 18.0. The van der Waals surface area contributed by atoms with Crippen LogP contribution in [-0.4, -0.2) is 163 Å². The summed E-state index contributed by atoms with van der Waals surface area (Å²) in [7, 11) is 4.78. The number of nitrogens with one attached hydrogen (secondary N) is 3. The molecule has 5 N–H and O–H groups in total. The van der Waals surface area contributed by atoms with Crippen molar-refractivity contribution in [3.8, 4) is 17.3 Å². The number of rotatable bonds is 28. The molecule has 0 bridgehead atoms. The fourth-order valence-electron chi connectivity index (χ4n) is 8.74. The molecular weight excluding hydrogens is 1010 g/mol. The monoisotopic (exact) mass is 1080 g/mol. The number of amides is 5. The van der Waals surface area contributed by atoms with Gasteiger partial charge in [-0.1, -0.05) is 24.6 Å². The molecule has 2 aliphatic rings. The maximum atomic E-state index is 15.2. The van der Waals surface area contributed by atoms with E-state index in [1.54, 1.807) is 28.1 Å². The van der Waals surface area contributed by atoms with Gasteiger partial charge in [0.2, 0.25) is 17.7 Å². The number of unbranched alkanes of at least 4 members (excludes halogenated alkanes) is 3. The number of carbonyl (C=O) groups is 6. The molecule has 0 aliphatic carbocycles.